The number of nitrogens with one attached hydrogen (secondary N) is 1. The number of nitrogens with zero attached hydrogens (tertiary/aromatic N) is 1. The quantitative estimate of drug-likeness (QED) is 0.668. The number of thioether (sulfide) groups is 1. The summed E-state index contributed by atoms with van der Waals surface area (Å²) in [6, 6.07) is 0.0920. The summed E-state index contributed by atoms with van der Waals surface area (Å²) >= 11 is 1.67. The summed E-state index contributed by atoms with van der Waals surface area (Å²) in [4.78, 5) is 4.22. The van der Waals surface area contributed by atoms with Gasteiger partial charge in [-0.1, -0.05) is 11.8 Å². The Morgan fingerprint density at radius 3 is 2.92 bits per heavy atom. The predicted octanol–water partition coefficient (Wildman–Crippen LogP) is -0.134. The highest BCUT2D eigenvalue weighted by molar-refractivity contribution is 8.14. The van der Waals surface area contributed by atoms with Crippen LogP contribution in [0.25, 0.3) is 0 Å². The molecule has 0 aliphatic carbocycles. The molecule has 2 heterocycles. The molecule has 1 N–H and O–H groups in total. The lowest BCUT2D eigenvalue weighted by molar-refractivity contribution is 0.600. The van der Waals surface area contributed by atoms with E-state index in [-0.39, 0.29) is 11.8 Å². The maximum atomic E-state index is 11.1. The van der Waals surface area contributed by atoms with Crippen molar-refractivity contribution in [2.24, 2.45) is 4.99 Å². The van der Waals surface area contributed by atoms with Crippen LogP contribution in [0.3, 0.4) is 0 Å². The predicted molar refractivity (Wildman–Crippen MR) is 55.0 cm³/mol. The van der Waals surface area contributed by atoms with Crippen molar-refractivity contribution in [1.82, 2.24) is 5.32 Å². The molecule has 0 bridgehead atoms. The molecule has 0 aromatic heterocycles. The van der Waals surface area contributed by atoms with E-state index < -0.39 is 9.84 Å². The zero-order chi connectivity index (χ0) is 9.31. The second-order valence-electron chi connectivity index (χ2n) is 3.28. The molecule has 4 nitrogen and oxygen atoms in total. The fourth-order valence-corrected chi connectivity index (χ4v) is 3.99. The lowest BCUT2D eigenvalue weighted by Gasteiger charge is -2.10. The zero-order valence-electron chi connectivity index (χ0n) is 7.19. The zero-order valence-corrected chi connectivity index (χ0v) is 8.83. The topological polar surface area (TPSA) is 58.5 Å². The molecule has 6 heteroatoms. The van der Waals surface area contributed by atoms with Crippen LogP contribution >= 0.6 is 11.8 Å². The van der Waals surface area contributed by atoms with Crippen molar-refractivity contribution in [3.05, 3.63) is 0 Å². The Bertz CT molecular complexity index is 323. The van der Waals surface area contributed by atoms with Crippen molar-refractivity contribution < 1.29 is 8.42 Å². The molecular formula is C7H12N2O2S2. The fraction of sp³-hybridized carbons (Fsp3) is 0.857. The standard InChI is InChI=1S/C7H12N2O2S2/c10-13(11)4-1-6(5-13)9-7-8-2-3-12-7/h6H,1-5H2,(H,8,9)/t6-/m0/s1. The van der Waals surface area contributed by atoms with Crippen LogP contribution in [0.2, 0.25) is 0 Å². The van der Waals surface area contributed by atoms with Crippen LogP contribution in [0.15, 0.2) is 4.99 Å². The van der Waals surface area contributed by atoms with Gasteiger partial charge in [0.1, 0.15) is 0 Å². The second-order valence-corrected chi connectivity index (χ2v) is 6.59. The van der Waals surface area contributed by atoms with E-state index in [4.69, 9.17) is 0 Å². The van der Waals surface area contributed by atoms with Gasteiger partial charge in [-0.2, -0.15) is 0 Å². The minimum atomic E-state index is -2.76. The lowest BCUT2D eigenvalue weighted by Crippen LogP contribution is -2.33. The summed E-state index contributed by atoms with van der Waals surface area (Å²) in [6.07, 6.45) is 0.724. The average molecular weight is 220 g/mol. The van der Waals surface area contributed by atoms with Crippen molar-refractivity contribution in [2.45, 2.75) is 12.5 Å². The van der Waals surface area contributed by atoms with Crippen LogP contribution in [0.4, 0.5) is 0 Å². The van der Waals surface area contributed by atoms with Gasteiger partial charge in [-0.15, -0.1) is 0 Å². The Hall–Kier alpha value is -0.230. The van der Waals surface area contributed by atoms with Gasteiger partial charge in [0.25, 0.3) is 0 Å². The van der Waals surface area contributed by atoms with Crippen LogP contribution in [0.5, 0.6) is 0 Å². The number of amidine groups is 1. The smallest absolute Gasteiger partial charge is 0.156 e. The molecule has 0 saturated carbocycles. The third-order valence-electron chi connectivity index (χ3n) is 2.15. The minimum absolute atomic E-state index is 0.0920. The van der Waals surface area contributed by atoms with Crippen molar-refractivity contribution in [3.63, 3.8) is 0 Å². The number of aliphatic imine (C=N–C) groups is 1. The number of hydrogen-bond acceptors (Lipinski definition) is 5. The molecule has 13 heavy (non-hydrogen) atoms. The summed E-state index contributed by atoms with van der Waals surface area (Å²) in [5, 5.41) is 4.09. The molecule has 0 spiro atoms. The molecule has 0 radical (unpaired) electrons. The number of sulfone groups is 1. The lowest BCUT2D eigenvalue weighted by atomic mass is 10.3. The van der Waals surface area contributed by atoms with Gasteiger partial charge < -0.3 is 5.32 Å². The second kappa shape index (κ2) is 3.49. The molecule has 0 unspecified atom stereocenters. The normalized spacial score (nSPS) is 31.7. The van der Waals surface area contributed by atoms with E-state index in [1.807, 2.05) is 0 Å². The monoisotopic (exact) mass is 220 g/mol. The van der Waals surface area contributed by atoms with E-state index in [1.54, 1.807) is 11.8 Å². The number of hydrogen-bond donors (Lipinski definition) is 1. The van der Waals surface area contributed by atoms with Gasteiger partial charge in [0, 0.05) is 11.8 Å². The molecule has 1 atom stereocenters. The highest BCUT2D eigenvalue weighted by Gasteiger charge is 2.28. The Labute approximate surface area is 82.1 Å². The molecule has 2 aliphatic heterocycles. The highest BCUT2D eigenvalue weighted by Crippen LogP contribution is 2.15. The van der Waals surface area contributed by atoms with E-state index in [0.717, 1.165) is 23.9 Å². The Morgan fingerprint density at radius 1 is 1.54 bits per heavy atom. The van der Waals surface area contributed by atoms with Crippen molar-refractivity contribution >= 4 is 26.8 Å². The Morgan fingerprint density at radius 2 is 2.38 bits per heavy atom. The molecule has 0 aromatic rings. The number of rotatable bonds is 1. The van der Waals surface area contributed by atoms with Gasteiger partial charge in [-0.3, -0.25) is 4.99 Å². The third-order valence-corrected chi connectivity index (χ3v) is 4.82. The van der Waals surface area contributed by atoms with E-state index in [9.17, 15) is 8.42 Å². The first kappa shape index (κ1) is 9.33. The van der Waals surface area contributed by atoms with Crippen LogP contribution in [-0.2, 0) is 9.84 Å². The van der Waals surface area contributed by atoms with E-state index in [0.29, 0.717) is 5.75 Å². The Balaban J connectivity index is 1.90. The van der Waals surface area contributed by atoms with Gasteiger partial charge in [0.05, 0.1) is 18.1 Å². The summed E-state index contributed by atoms with van der Waals surface area (Å²) in [5.41, 5.74) is 0. The first-order chi connectivity index (χ1) is 6.16. The van der Waals surface area contributed by atoms with Crippen LogP contribution in [0, 0.1) is 0 Å². The molecule has 0 amide bonds. The molecule has 2 rings (SSSR count). The van der Waals surface area contributed by atoms with Gasteiger partial charge in [-0.25, -0.2) is 8.42 Å². The molecule has 74 valence electrons. The molecule has 2 aliphatic rings. The Kier molecular flexibility index (Phi) is 2.51. The largest absolute Gasteiger partial charge is 0.361 e. The van der Waals surface area contributed by atoms with Crippen LogP contribution < -0.4 is 5.32 Å². The van der Waals surface area contributed by atoms with E-state index in [1.165, 1.54) is 0 Å². The molecule has 1 saturated heterocycles. The van der Waals surface area contributed by atoms with Gasteiger partial charge in [0.15, 0.2) is 15.0 Å². The SMILES string of the molecule is O=S1(=O)CC[C@H](NC2=NCCS2)C1. The third kappa shape index (κ3) is 2.37. The molecule has 0 aromatic carbocycles. The maximum Gasteiger partial charge on any atom is 0.156 e. The van der Waals surface area contributed by atoms with Crippen molar-refractivity contribution in [1.29, 1.82) is 0 Å². The first-order valence-electron chi connectivity index (χ1n) is 4.30. The molecular weight excluding hydrogens is 208 g/mol. The van der Waals surface area contributed by atoms with Crippen LogP contribution in [0.1, 0.15) is 6.42 Å². The fourth-order valence-electron chi connectivity index (χ4n) is 1.51. The van der Waals surface area contributed by atoms with Crippen molar-refractivity contribution in [3.8, 4) is 0 Å². The van der Waals surface area contributed by atoms with Gasteiger partial charge in [0.2, 0.25) is 0 Å². The minimum Gasteiger partial charge on any atom is -0.361 e. The van der Waals surface area contributed by atoms with E-state index >= 15 is 0 Å². The van der Waals surface area contributed by atoms with Crippen LogP contribution in [-0.4, -0.2) is 43.4 Å². The average Bonchev–Trinajstić information content (AvgIpc) is 2.61. The van der Waals surface area contributed by atoms with E-state index in [2.05, 4.69) is 10.3 Å². The summed E-state index contributed by atoms with van der Waals surface area (Å²) in [7, 11) is -2.76. The first-order valence-corrected chi connectivity index (χ1v) is 7.11. The summed E-state index contributed by atoms with van der Waals surface area (Å²) < 4.78 is 22.3. The van der Waals surface area contributed by atoms with Gasteiger partial charge in [-0.05, 0) is 6.42 Å². The highest BCUT2D eigenvalue weighted by atomic mass is 32.2. The summed E-state index contributed by atoms with van der Waals surface area (Å²) in [5.74, 6) is 1.61. The maximum absolute atomic E-state index is 11.1. The summed E-state index contributed by atoms with van der Waals surface area (Å²) in [6.45, 7) is 0.854. The van der Waals surface area contributed by atoms with Gasteiger partial charge >= 0.3 is 0 Å². The molecule has 1 fully saturated rings. The van der Waals surface area contributed by atoms with Crippen molar-refractivity contribution in [2.75, 3.05) is 23.8 Å².